The van der Waals surface area contributed by atoms with E-state index in [4.69, 9.17) is 28.6 Å². The molecular formula is C20H25ClN3OS+. The fourth-order valence-corrected chi connectivity index (χ4v) is 3.97. The molecule has 0 saturated carbocycles. The Bertz CT molecular complexity index is 722. The van der Waals surface area contributed by atoms with E-state index in [1.165, 1.54) is 10.5 Å². The summed E-state index contributed by atoms with van der Waals surface area (Å²) in [5, 5.41) is 7.89. The molecule has 3 N–H and O–H groups in total. The van der Waals surface area contributed by atoms with Gasteiger partial charge in [-0.15, -0.1) is 0 Å². The van der Waals surface area contributed by atoms with Gasteiger partial charge in [0.2, 0.25) is 0 Å². The van der Waals surface area contributed by atoms with Gasteiger partial charge in [-0.2, -0.15) is 0 Å². The van der Waals surface area contributed by atoms with E-state index in [2.05, 4.69) is 47.9 Å². The third-order valence-electron chi connectivity index (χ3n) is 4.71. The predicted octanol–water partition coefficient (Wildman–Crippen LogP) is 2.67. The molecule has 26 heavy (non-hydrogen) atoms. The maximum atomic E-state index is 6.22. The number of rotatable bonds is 5. The van der Waals surface area contributed by atoms with Gasteiger partial charge in [0.15, 0.2) is 5.11 Å². The lowest BCUT2D eigenvalue weighted by atomic mass is 9.98. The van der Waals surface area contributed by atoms with Crippen molar-refractivity contribution in [3.8, 4) is 0 Å². The monoisotopic (exact) mass is 390 g/mol. The van der Waals surface area contributed by atoms with Crippen molar-refractivity contribution in [3.05, 3.63) is 65.2 Å². The lowest BCUT2D eigenvalue weighted by Crippen LogP contribution is -3.15. The van der Waals surface area contributed by atoms with Crippen LogP contribution in [0.25, 0.3) is 0 Å². The second-order valence-corrected chi connectivity index (χ2v) is 7.34. The Hall–Kier alpha value is -1.66. The van der Waals surface area contributed by atoms with Crippen molar-refractivity contribution in [1.82, 2.24) is 5.32 Å². The third-order valence-corrected chi connectivity index (χ3v) is 5.26. The lowest BCUT2D eigenvalue weighted by Gasteiger charge is -2.35. The molecule has 3 rings (SSSR count). The smallest absolute Gasteiger partial charge is 0.171 e. The van der Waals surface area contributed by atoms with Crippen LogP contribution in [-0.2, 0) is 4.74 Å². The highest BCUT2D eigenvalue weighted by atomic mass is 35.5. The van der Waals surface area contributed by atoms with Crippen molar-refractivity contribution in [1.29, 1.82) is 0 Å². The molecule has 0 bridgehead atoms. The van der Waals surface area contributed by atoms with Crippen molar-refractivity contribution in [3.63, 3.8) is 0 Å². The number of anilines is 1. The van der Waals surface area contributed by atoms with Gasteiger partial charge in [0.25, 0.3) is 0 Å². The largest absolute Gasteiger partial charge is 0.370 e. The van der Waals surface area contributed by atoms with Crippen molar-refractivity contribution in [2.45, 2.75) is 19.0 Å². The van der Waals surface area contributed by atoms with Crippen molar-refractivity contribution in [2.75, 3.05) is 31.6 Å². The average Bonchev–Trinajstić information content (AvgIpc) is 2.65. The first-order valence-electron chi connectivity index (χ1n) is 8.94. The predicted molar refractivity (Wildman–Crippen MR) is 111 cm³/mol. The van der Waals surface area contributed by atoms with Gasteiger partial charge in [-0.1, -0.05) is 54.1 Å². The van der Waals surface area contributed by atoms with Crippen LogP contribution in [0.3, 0.4) is 0 Å². The van der Waals surface area contributed by atoms with E-state index in [0.717, 1.165) is 32.0 Å². The quantitative estimate of drug-likeness (QED) is 0.686. The summed E-state index contributed by atoms with van der Waals surface area (Å²) in [6.45, 7) is 5.77. The molecule has 1 saturated heterocycles. The van der Waals surface area contributed by atoms with Gasteiger partial charge in [0.1, 0.15) is 19.1 Å². The Morgan fingerprint density at radius 2 is 1.73 bits per heavy atom. The number of benzene rings is 2. The molecule has 1 heterocycles. The molecule has 2 atom stereocenters. The summed E-state index contributed by atoms with van der Waals surface area (Å²) in [7, 11) is 0. The van der Waals surface area contributed by atoms with Crippen LogP contribution in [0.4, 0.5) is 5.69 Å². The van der Waals surface area contributed by atoms with Crippen LogP contribution in [0.5, 0.6) is 0 Å². The molecule has 0 aromatic heterocycles. The molecule has 1 aliphatic rings. The van der Waals surface area contributed by atoms with E-state index in [0.29, 0.717) is 16.2 Å². The van der Waals surface area contributed by atoms with Crippen LogP contribution >= 0.6 is 23.8 Å². The second kappa shape index (κ2) is 9.33. The van der Waals surface area contributed by atoms with E-state index < -0.39 is 0 Å². The van der Waals surface area contributed by atoms with Crippen LogP contribution in [0, 0.1) is 0 Å². The Labute approximate surface area is 165 Å². The minimum Gasteiger partial charge on any atom is -0.370 e. The summed E-state index contributed by atoms with van der Waals surface area (Å²) in [6, 6.07) is 18.7. The van der Waals surface area contributed by atoms with Gasteiger partial charge < -0.3 is 20.3 Å². The molecule has 138 valence electrons. The highest BCUT2D eigenvalue weighted by molar-refractivity contribution is 7.80. The van der Waals surface area contributed by atoms with E-state index in [-0.39, 0.29) is 6.04 Å². The van der Waals surface area contributed by atoms with Crippen LogP contribution in [0.15, 0.2) is 54.6 Å². The van der Waals surface area contributed by atoms with E-state index in [9.17, 15) is 0 Å². The summed E-state index contributed by atoms with van der Waals surface area (Å²) in [5.41, 5.74) is 2.12. The van der Waals surface area contributed by atoms with Crippen LogP contribution in [0.1, 0.15) is 18.5 Å². The number of halogens is 1. The number of hydrogen-bond acceptors (Lipinski definition) is 2. The molecule has 4 nitrogen and oxygen atoms in total. The van der Waals surface area contributed by atoms with Crippen LogP contribution in [0.2, 0.25) is 5.02 Å². The number of hydrogen-bond donors (Lipinski definition) is 3. The molecule has 6 heteroatoms. The molecule has 2 aromatic rings. The first-order valence-corrected chi connectivity index (χ1v) is 9.73. The molecule has 2 aromatic carbocycles. The number of thiocarbonyl (C=S) groups is 1. The maximum absolute atomic E-state index is 6.22. The molecule has 0 unspecified atom stereocenters. The zero-order valence-electron chi connectivity index (χ0n) is 14.9. The molecule has 1 fully saturated rings. The Balaban J connectivity index is 1.71. The fraction of sp³-hybridized carbons (Fsp3) is 0.350. The zero-order valence-corrected chi connectivity index (χ0v) is 16.4. The molecular weight excluding hydrogens is 366 g/mol. The van der Waals surface area contributed by atoms with Crippen molar-refractivity contribution < 1.29 is 9.64 Å². The number of morpholine rings is 1. The number of para-hydroxylation sites is 1. The second-order valence-electron chi connectivity index (χ2n) is 6.53. The highest BCUT2D eigenvalue weighted by Gasteiger charge is 2.31. The standard InChI is InChI=1S/C20H24ClN3OS/c1-15(22-20(26)23-18-10-6-5-9-17(18)21)19(16-7-3-2-4-8-16)24-11-13-25-14-12-24/h2-10,15,19H,11-14H2,1H3,(H2,22,23,26)/p+1/t15-,19-/m0/s1. The van der Waals surface area contributed by atoms with Gasteiger partial charge in [-0.05, 0) is 31.3 Å². The number of quaternary nitrogens is 1. The normalized spacial score (nSPS) is 17.3. The molecule has 0 aliphatic carbocycles. The number of nitrogens with one attached hydrogen (secondary N) is 3. The van der Waals surface area contributed by atoms with E-state index in [1.54, 1.807) is 0 Å². The highest BCUT2D eigenvalue weighted by Crippen LogP contribution is 2.20. The summed E-state index contributed by atoms with van der Waals surface area (Å²) in [6.07, 6.45) is 0. The summed E-state index contributed by atoms with van der Waals surface area (Å²) in [5.74, 6) is 0. The van der Waals surface area contributed by atoms with Gasteiger partial charge in [-0.25, -0.2) is 0 Å². The van der Waals surface area contributed by atoms with Gasteiger partial charge in [-0.3, -0.25) is 0 Å². The van der Waals surface area contributed by atoms with Crippen LogP contribution in [-0.4, -0.2) is 37.5 Å². The van der Waals surface area contributed by atoms with Crippen LogP contribution < -0.4 is 15.5 Å². The third kappa shape index (κ3) is 4.95. The number of ether oxygens (including phenoxy) is 1. The fourth-order valence-electron chi connectivity index (χ4n) is 3.49. The topological polar surface area (TPSA) is 37.7 Å². The van der Waals surface area contributed by atoms with Gasteiger partial charge in [0.05, 0.1) is 30.0 Å². The molecule has 0 spiro atoms. The molecule has 1 aliphatic heterocycles. The SMILES string of the molecule is C[C@H](NC(=S)Nc1ccccc1Cl)[C@@H](c1ccccc1)[NH+]1CCOCC1. The maximum Gasteiger partial charge on any atom is 0.171 e. The van der Waals surface area contributed by atoms with Crippen molar-refractivity contribution >= 4 is 34.6 Å². The van der Waals surface area contributed by atoms with E-state index >= 15 is 0 Å². The summed E-state index contributed by atoms with van der Waals surface area (Å²) < 4.78 is 5.54. The first kappa shape index (κ1) is 19.1. The summed E-state index contributed by atoms with van der Waals surface area (Å²) >= 11 is 11.7. The van der Waals surface area contributed by atoms with Gasteiger partial charge in [0, 0.05) is 5.56 Å². The summed E-state index contributed by atoms with van der Waals surface area (Å²) in [4.78, 5) is 1.52. The van der Waals surface area contributed by atoms with Gasteiger partial charge >= 0.3 is 0 Å². The Kier molecular flexibility index (Phi) is 6.86. The average molecular weight is 391 g/mol. The Morgan fingerprint density at radius 1 is 1.08 bits per heavy atom. The Morgan fingerprint density at radius 3 is 2.42 bits per heavy atom. The van der Waals surface area contributed by atoms with E-state index in [1.807, 2.05) is 24.3 Å². The molecule has 0 amide bonds. The first-order chi connectivity index (χ1) is 12.6. The van der Waals surface area contributed by atoms with Crippen molar-refractivity contribution in [2.24, 2.45) is 0 Å². The molecule has 0 radical (unpaired) electrons. The zero-order chi connectivity index (χ0) is 18.4. The lowest BCUT2D eigenvalue weighted by molar-refractivity contribution is -0.940. The minimum atomic E-state index is 0.160. The minimum absolute atomic E-state index is 0.160.